The Kier molecular flexibility index (Phi) is 20.3. The maximum Gasteiger partial charge on any atom is 3.00 e. The summed E-state index contributed by atoms with van der Waals surface area (Å²) in [6.45, 7) is 5.69. The van der Waals surface area contributed by atoms with Gasteiger partial charge in [0.1, 0.15) is 30.1 Å². The van der Waals surface area contributed by atoms with Crippen molar-refractivity contribution in [3.8, 4) is 0 Å². The van der Waals surface area contributed by atoms with Crippen molar-refractivity contribution in [1.29, 1.82) is 0 Å². The summed E-state index contributed by atoms with van der Waals surface area (Å²) in [5.74, 6) is 0. The van der Waals surface area contributed by atoms with Gasteiger partial charge in [-0.15, -0.1) is 17.1 Å². The van der Waals surface area contributed by atoms with Crippen molar-refractivity contribution < 1.29 is 42.0 Å². The van der Waals surface area contributed by atoms with Crippen LogP contribution in [0.3, 0.4) is 0 Å². The standard InChI is InChI=1S/3C19H16N3O2S.Co/c3*1-15-9-11-17(12-10-15)25(23,24)22-19-8-3-2-7-18(19)21-14-16-6-4-5-13-20-16;/h3*2-14H,1H3;/q3*-1;+3. The molecule has 19 heteroatoms. The van der Waals surface area contributed by atoms with Crippen LogP contribution in [0.15, 0.2) is 248 Å². The third-order valence-electron chi connectivity index (χ3n) is 10.3. The number of sulfonamides is 3. The zero-order chi connectivity index (χ0) is 53.1. The molecule has 6 aromatic carbocycles. The van der Waals surface area contributed by atoms with Crippen LogP contribution in [-0.4, -0.2) is 58.8 Å². The van der Waals surface area contributed by atoms with E-state index in [2.05, 4.69) is 44.1 Å². The fourth-order valence-electron chi connectivity index (χ4n) is 6.39. The maximum atomic E-state index is 12.5. The van der Waals surface area contributed by atoms with E-state index in [0.717, 1.165) is 16.7 Å². The Morgan fingerprint density at radius 2 is 0.566 bits per heavy atom. The second kappa shape index (κ2) is 27.2. The van der Waals surface area contributed by atoms with Crippen molar-refractivity contribution in [1.82, 2.24) is 15.0 Å². The molecule has 3 heterocycles. The number of nitrogens with zero attached hydrogens (tertiary/aromatic N) is 9. The Balaban J connectivity index is 0.000000184. The van der Waals surface area contributed by atoms with E-state index in [1.807, 2.05) is 75.4 Å². The van der Waals surface area contributed by atoms with Crippen LogP contribution >= 0.6 is 0 Å². The van der Waals surface area contributed by atoms with Gasteiger partial charge in [0.15, 0.2) is 0 Å². The van der Waals surface area contributed by atoms with Crippen molar-refractivity contribution in [3.05, 3.63) is 267 Å². The van der Waals surface area contributed by atoms with E-state index in [1.54, 1.807) is 183 Å². The number of para-hydroxylation sites is 3. The van der Waals surface area contributed by atoms with Crippen molar-refractivity contribution in [2.45, 2.75) is 35.5 Å². The van der Waals surface area contributed by atoms with Gasteiger partial charge in [-0.25, -0.2) is 25.3 Å². The van der Waals surface area contributed by atoms with E-state index in [1.165, 1.54) is 0 Å². The minimum atomic E-state index is -3.80. The molecule has 0 atom stereocenters. The molecule has 0 aliphatic rings. The molecule has 0 amide bonds. The Bertz CT molecular complexity index is 3350. The summed E-state index contributed by atoms with van der Waals surface area (Å²) < 4.78 is 86.9. The number of benzene rings is 6. The first-order chi connectivity index (χ1) is 36.1. The van der Waals surface area contributed by atoms with Gasteiger partial charge in [0.05, 0.1) is 50.4 Å². The van der Waals surface area contributed by atoms with Crippen LogP contribution in [0.25, 0.3) is 14.2 Å². The van der Waals surface area contributed by atoms with Crippen LogP contribution in [-0.2, 0) is 46.8 Å². The van der Waals surface area contributed by atoms with E-state index in [4.69, 9.17) is 0 Å². The SMILES string of the molecule is Cc1ccc(S(=O)(=O)[N-]c2ccccc2N=Cc2ccccn2)cc1.Cc1ccc(S(=O)(=O)[N-]c2ccccc2N=Cc2ccccn2)cc1.Cc1ccc(S(=O)(=O)[N-]c2ccccc2N=Cc2ccccn2)cc1.[Co+3]. The molecule has 0 saturated carbocycles. The van der Waals surface area contributed by atoms with Crippen molar-refractivity contribution in [2.75, 3.05) is 0 Å². The molecule has 0 fully saturated rings. The second-order valence-electron chi connectivity index (χ2n) is 16.1. The van der Waals surface area contributed by atoms with Crippen LogP contribution in [0.2, 0.25) is 0 Å². The van der Waals surface area contributed by atoms with Crippen LogP contribution in [0.5, 0.6) is 0 Å². The summed E-state index contributed by atoms with van der Waals surface area (Å²) in [7, 11) is -11.4. The summed E-state index contributed by atoms with van der Waals surface area (Å²) in [5.41, 5.74) is 7.24. The zero-order valence-corrected chi connectivity index (χ0v) is 44.5. The molecule has 0 aliphatic carbocycles. The number of aryl methyl sites for hydroxylation is 3. The Morgan fingerprint density at radius 1 is 0.329 bits per heavy atom. The summed E-state index contributed by atoms with van der Waals surface area (Å²) in [5, 5.41) is 0. The number of rotatable bonds is 15. The largest absolute Gasteiger partial charge is 3.00 e. The molecule has 0 spiro atoms. The third kappa shape index (κ3) is 17.0. The Morgan fingerprint density at radius 3 is 0.803 bits per heavy atom. The number of aromatic nitrogens is 3. The molecule has 0 radical (unpaired) electrons. The van der Waals surface area contributed by atoms with E-state index < -0.39 is 30.1 Å². The van der Waals surface area contributed by atoms with Gasteiger partial charge in [0.2, 0.25) is 0 Å². The first-order valence-electron chi connectivity index (χ1n) is 22.9. The summed E-state index contributed by atoms with van der Waals surface area (Å²) in [6.07, 6.45) is 9.73. The van der Waals surface area contributed by atoms with Gasteiger partial charge in [0, 0.05) is 35.7 Å². The molecule has 76 heavy (non-hydrogen) atoms. The molecule has 9 rings (SSSR count). The second-order valence-corrected chi connectivity index (χ2v) is 21.0. The normalized spacial score (nSPS) is 11.4. The van der Waals surface area contributed by atoms with E-state index >= 15 is 0 Å². The number of pyridine rings is 3. The van der Waals surface area contributed by atoms with Crippen LogP contribution in [0, 0.1) is 20.8 Å². The Hall–Kier alpha value is -8.46. The topological polar surface area (TPSA) is 220 Å². The van der Waals surface area contributed by atoms with Gasteiger partial charge < -0.3 is 14.2 Å². The predicted octanol–water partition coefficient (Wildman–Crippen LogP) is 13.6. The van der Waals surface area contributed by atoms with Gasteiger partial charge in [-0.05, 0) is 112 Å². The van der Waals surface area contributed by atoms with E-state index in [9.17, 15) is 25.3 Å². The smallest absolute Gasteiger partial charge is 0.571 e. The summed E-state index contributed by atoms with van der Waals surface area (Å²) >= 11 is 0. The third-order valence-corrected chi connectivity index (χ3v) is 14.2. The minimum absolute atomic E-state index is 0. The Labute approximate surface area is 454 Å². The van der Waals surface area contributed by atoms with Crippen LogP contribution in [0.4, 0.5) is 34.1 Å². The van der Waals surface area contributed by atoms with Gasteiger partial charge >= 0.3 is 16.8 Å². The van der Waals surface area contributed by atoms with Crippen molar-refractivity contribution >= 4 is 82.8 Å². The van der Waals surface area contributed by atoms with E-state index in [0.29, 0.717) is 34.1 Å². The molecule has 0 saturated heterocycles. The van der Waals surface area contributed by atoms with Crippen LogP contribution < -0.4 is 0 Å². The summed E-state index contributed by atoms with van der Waals surface area (Å²) in [4.78, 5) is 25.9. The number of aliphatic imine (C=N–C) groups is 3. The van der Waals surface area contributed by atoms with Gasteiger partial charge in [-0.2, -0.15) is 0 Å². The molecular formula is C57H48CoN9O6S3. The van der Waals surface area contributed by atoms with E-state index in [-0.39, 0.29) is 48.5 Å². The molecule has 0 bridgehead atoms. The molecule has 15 nitrogen and oxygen atoms in total. The van der Waals surface area contributed by atoms with Crippen LogP contribution in [0.1, 0.15) is 33.8 Å². The molecule has 0 N–H and O–H groups in total. The average molecular weight is 1110 g/mol. The molecular weight excluding hydrogens is 1060 g/mol. The molecule has 384 valence electrons. The van der Waals surface area contributed by atoms with Gasteiger partial charge in [-0.1, -0.05) is 126 Å². The molecule has 0 aliphatic heterocycles. The molecule has 9 aromatic rings. The van der Waals surface area contributed by atoms with Crippen molar-refractivity contribution in [2.24, 2.45) is 15.0 Å². The quantitative estimate of drug-likeness (QED) is 0.0890. The predicted molar refractivity (Wildman–Crippen MR) is 298 cm³/mol. The summed E-state index contributed by atoms with van der Waals surface area (Å²) in [6, 6.07) is 56.7. The fourth-order valence-corrected chi connectivity index (χ4v) is 9.39. The molecule has 0 unspecified atom stereocenters. The fraction of sp³-hybridized carbons (Fsp3) is 0.0526. The number of hydrogen-bond acceptors (Lipinski definition) is 12. The average Bonchev–Trinajstić information content (AvgIpc) is 3.41. The monoisotopic (exact) mass is 1110 g/mol. The van der Waals surface area contributed by atoms with Crippen molar-refractivity contribution in [3.63, 3.8) is 0 Å². The minimum Gasteiger partial charge on any atom is -0.571 e. The van der Waals surface area contributed by atoms with Gasteiger partial charge in [-0.3, -0.25) is 29.9 Å². The van der Waals surface area contributed by atoms with Gasteiger partial charge in [0.25, 0.3) is 0 Å². The first-order valence-corrected chi connectivity index (χ1v) is 27.2. The maximum absolute atomic E-state index is 12.5. The molecule has 3 aromatic heterocycles. The number of hydrogen-bond donors (Lipinski definition) is 0. The zero-order valence-electron chi connectivity index (χ0n) is 41.0. The first kappa shape index (κ1) is 56.8.